The van der Waals surface area contributed by atoms with E-state index in [1.54, 1.807) is 6.07 Å². The normalized spacial score (nSPS) is 17.0. The maximum absolute atomic E-state index is 12.5. The molecular formula is C26H34N6O4. The van der Waals surface area contributed by atoms with Crippen LogP contribution < -0.4 is 15.4 Å². The lowest BCUT2D eigenvalue weighted by molar-refractivity contribution is 0.0837. The van der Waals surface area contributed by atoms with E-state index in [1.807, 2.05) is 19.1 Å². The topological polar surface area (TPSA) is 132 Å². The van der Waals surface area contributed by atoms with Crippen LogP contribution in [0.1, 0.15) is 46.4 Å². The van der Waals surface area contributed by atoms with Crippen LogP contribution >= 0.6 is 0 Å². The molecule has 1 atom stereocenters. The summed E-state index contributed by atoms with van der Waals surface area (Å²) >= 11 is 0. The maximum Gasteiger partial charge on any atom is 0.270 e. The Kier molecular flexibility index (Phi) is 8.50. The minimum atomic E-state index is -0.707. The summed E-state index contributed by atoms with van der Waals surface area (Å²) in [7, 11) is 0. The Morgan fingerprint density at radius 3 is 2.97 bits per heavy atom. The number of carbonyl (C=O) groups is 1. The van der Waals surface area contributed by atoms with Crippen LogP contribution in [0, 0.1) is 6.92 Å². The fourth-order valence-corrected chi connectivity index (χ4v) is 4.47. The second kappa shape index (κ2) is 12.0. The van der Waals surface area contributed by atoms with Crippen LogP contribution in [0.15, 0.2) is 41.5 Å². The van der Waals surface area contributed by atoms with Crippen molar-refractivity contribution in [2.75, 3.05) is 31.6 Å². The third-order valence-electron chi connectivity index (χ3n) is 6.66. The Hall–Kier alpha value is -3.50. The van der Waals surface area contributed by atoms with Gasteiger partial charge in [-0.1, -0.05) is 6.07 Å². The molecular weight excluding hydrogens is 460 g/mol. The van der Waals surface area contributed by atoms with E-state index < -0.39 is 6.10 Å². The number of aliphatic hydroxyl groups is 2. The Bertz CT molecular complexity index is 1120. The molecule has 10 heteroatoms. The molecule has 0 spiro atoms. The van der Waals surface area contributed by atoms with E-state index in [2.05, 4.69) is 37.2 Å². The molecule has 0 radical (unpaired) electrons. The zero-order valence-electron chi connectivity index (χ0n) is 20.6. The van der Waals surface area contributed by atoms with E-state index in [0.29, 0.717) is 24.9 Å². The summed E-state index contributed by atoms with van der Waals surface area (Å²) < 4.78 is 5.72. The largest absolute Gasteiger partial charge is 0.507 e. The standard InChI is InChI=1S/C26H34N6O4/c1-17-22-8-9-32(13-18(22)6-7-24(17)36-15-21(34)11-27-2)14-20(33)12-28-26(35)23-10-25(30-16-29-23)31-19-4-3-5-19/h6-7,10-11,16,19-20,33-34H,2-5,8-9,12-15H2,1H3,(H,28,35)(H,29,30,31)/t20-/m0/s1. The van der Waals surface area contributed by atoms with Gasteiger partial charge in [0.25, 0.3) is 5.91 Å². The van der Waals surface area contributed by atoms with Gasteiger partial charge in [0.05, 0.1) is 12.3 Å². The number of β-amino-alcohol motifs (C(OH)–C–C–N with tert-alkyl or cyclic N) is 1. The number of hydrogen-bond acceptors (Lipinski definition) is 9. The summed E-state index contributed by atoms with van der Waals surface area (Å²) in [4.78, 5) is 26.5. The number of aliphatic imine (C=N–C) groups is 1. The van der Waals surface area contributed by atoms with Crippen molar-refractivity contribution in [3.05, 3.63) is 58.9 Å². The highest BCUT2D eigenvalue weighted by atomic mass is 16.5. The summed E-state index contributed by atoms with van der Waals surface area (Å²) in [5.41, 5.74) is 3.74. The number of benzene rings is 1. The Morgan fingerprint density at radius 2 is 2.22 bits per heavy atom. The zero-order valence-corrected chi connectivity index (χ0v) is 20.6. The first-order valence-electron chi connectivity index (χ1n) is 12.3. The molecule has 4 rings (SSSR count). The van der Waals surface area contributed by atoms with Gasteiger partial charge in [-0.25, -0.2) is 9.97 Å². The minimum absolute atomic E-state index is 0.0138. The lowest BCUT2D eigenvalue weighted by Gasteiger charge is -2.31. The van der Waals surface area contributed by atoms with Crippen LogP contribution in [0.5, 0.6) is 5.75 Å². The number of hydrogen-bond donors (Lipinski definition) is 4. The van der Waals surface area contributed by atoms with E-state index in [9.17, 15) is 15.0 Å². The first kappa shape index (κ1) is 25.6. The van der Waals surface area contributed by atoms with Crippen molar-refractivity contribution in [2.45, 2.75) is 51.3 Å². The molecule has 0 bridgehead atoms. The highest BCUT2D eigenvalue weighted by molar-refractivity contribution is 5.92. The number of aromatic nitrogens is 2. The number of ether oxygens (including phenoxy) is 1. The lowest BCUT2D eigenvalue weighted by Crippen LogP contribution is -2.42. The summed E-state index contributed by atoms with van der Waals surface area (Å²) in [6.45, 7) is 7.45. The van der Waals surface area contributed by atoms with E-state index >= 15 is 0 Å². The van der Waals surface area contributed by atoms with Gasteiger partial charge in [-0.15, -0.1) is 0 Å². The number of nitrogens with zero attached hydrogens (tertiary/aromatic N) is 4. The fraction of sp³-hybridized carbons (Fsp3) is 0.462. The van der Waals surface area contributed by atoms with Crippen molar-refractivity contribution in [1.29, 1.82) is 0 Å². The molecule has 0 unspecified atom stereocenters. The molecule has 192 valence electrons. The van der Waals surface area contributed by atoms with Crippen molar-refractivity contribution in [3.63, 3.8) is 0 Å². The number of aliphatic hydroxyl groups excluding tert-OH is 2. The number of carbonyl (C=O) groups excluding carboxylic acids is 1. The van der Waals surface area contributed by atoms with Gasteiger partial charge in [0.15, 0.2) is 0 Å². The fourth-order valence-electron chi connectivity index (χ4n) is 4.47. The SMILES string of the molecule is C=NC=C(O)COc1ccc2c(c1C)CCN(C[C@@H](O)CNC(=O)c1cc(NC3CCC3)ncn1)C2. The number of rotatable bonds is 11. The van der Waals surface area contributed by atoms with Crippen molar-refractivity contribution in [1.82, 2.24) is 20.2 Å². The average Bonchev–Trinajstić information content (AvgIpc) is 2.85. The molecule has 1 aliphatic carbocycles. The predicted molar refractivity (Wildman–Crippen MR) is 138 cm³/mol. The minimum Gasteiger partial charge on any atom is -0.507 e. The number of nitrogens with one attached hydrogen (secondary N) is 2. The van der Waals surface area contributed by atoms with E-state index in [-0.39, 0.29) is 30.5 Å². The van der Waals surface area contributed by atoms with Crippen LogP contribution in [0.4, 0.5) is 5.82 Å². The average molecular weight is 495 g/mol. The molecule has 2 aromatic rings. The second-order valence-electron chi connectivity index (χ2n) is 9.33. The first-order chi connectivity index (χ1) is 17.4. The van der Waals surface area contributed by atoms with E-state index in [4.69, 9.17) is 4.74 Å². The van der Waals surface area contributed by atoms with Gasteiger partial charge in [0.2, 0.25) is 0 Å². The van der Waals surface area contributed by atoms with Gasteiger partial charge >= 0.3 is 0 Å². The van der Waals surface area contributed by atoms with Crippen molar-refractivity contribution in [3.8, 4) is 5.75 Å². The summed E-state index contributed by atoms with van der Waals surface area (Å²) in [6, 6.07) is 5.99. The Labute approximate surface area is 211 Å². The van der Waals surface area contributed by atoms with Gasteiger partial charge in [-0.3, -0.25) is 14.7 Å². The number of fused-ring (bicyclic) bond motifs is 1. The third kappa shape index (κ3) is 6.58. The van der Waals surface area contributed by atoms with Crippen LogP contribution in [0.25, 0.3) is 0 Å². The van der Waals surface area contributed by atoms with Crippen LogP contribution in [-0.2, 0) is 13.0 Å². The van der Waals surface area contributed by atoms with Crippen LogP contribution in [0.3, 0.4) is 0 Å². The number of anilines is 1. The van der Waals surface area contributed by atoms with Gasteiger partial charge in [-0.2, -0.15) is 0 Å². The summed E-state index contributed by atoms with van der Waals surface area (Å²) in [5.74, 6) is 1.06. The molecule has 0 saturated heterocycles. The molecule has 1 aromatic heterocycles. The maximum atomic E-state index is 12.5. The van der Waals surface area contributed by atoms with Gasteiger partial charge in [0, 0.05) is 38.3 Å². The third-order valence-corrected chi connectivity index (χ3v) is 6.66. The molecule has 1 saturated carbocycles. The molecule has 4 N–H and O–H groups in total. The zero-order chi connectivity index (χ0) is 25.5. The monoisotopic (exact) mass is 494 g/mol. The Morgan fingerprint density at radius 1 is 1.39 bits per heavy atom. The predicted octanol–water partition coefficient (Wildman–Crippen LogP) is 2.38. The second-order valence-corrected chi connectivity index (χ2v) is 9.33. The van der Waals surface area contributed by atoms with Crippen molar-refractivity contribution in [2.24, 2.45) is 4.99 Å². The summed E-state index contributed by atoms with van der Waals surface area (Å²) in [6.07, 6.45) is 6.20. The highest BCUT2D eigenvalue weighted by Crippen LogP contribution is 2.29. The van der Waals surface area contributed by atoms with E-state index in [1.165, 1.54) is 30.1 Å². The molecule has 1 amide bonds. The molecule has 1 fully saturated rings. The molecule has 2 aliphatic rings. The van der Waals surface area contributed by atoms with E-state index in [0.717, 1.165) is 37.1 Å². The van der Waals surface area contributed by atoms with Crippen molar-refractivity contribution < 1.29 is 19.7 Å². The molecule has 36 heavy (non-hydrogen) atoms. The van der Waals surface area contributed by atoms with Gasteiger partial charge < -0.3 is 25.6 Å². The molecule has 1 aliphatic heterocycles. The molecule has 2 heterocycles. The smallest absolute Gasteiger partial charge is 0.270 e. The molecule has 10 nitrogen and oxygen atoms in total. The quantitative estimate of drug-likeness (QED) is 0.277. The first-order valence-corrected chi connectivity index (χ1v) is 12.3. The van der Waals surface area contributed by atoms with Crippen molar-refractivity contribution >= 4 is 18.4 Å². The Balaban J connectivity index is 1.25. The number of amides is 1. The molecule has 1 aromatic carbocycles. The van der Waals surface area contributed by atoms with Crippen LogP contribution in [0.2, 0.25) is 0 Å². The van der Waals surface area contributed by atoms with Gasteiger partial charge in [-0.05, 0) is 62.1 Å². The highest BCUT2D eigenvalue weighted by Gasteiger charge is 2.22. The summed E-state index contributed by atoms with van der Waals surface area (Å²) in [5, 5.41) is 26.3. The van der Waals surface area contributed by atoms with Crippen LogP contribution in [-0.4, -0.2) is 76.1 Å². The van der Waals surface area contributed by atoms with Gasteiger partial charge in [0.1, 0.15) is 36.0 Å². The lowest BCUT2D eigenvalue weighted by atomic mass is 9.93.